The maximum Gasteiger partial charge on any atom is 0.138 e. The second kappa shape index (κ2) is 14.5. The zero-order valence-corrected chi connectivity index (χ0v) is 35.3. The Morgan fingerprint density at radius 2 is 1.12 bits per heavy atom. The van der Waals surface area contributed by atoms with Gasteiger partial charge in [-0.2, -0.15) is 0 Å². The fourth-order valence-electron chi connectivity index (χ4n) is 10.9. The van der Waals surface area contributed by atoms with Crippen LogP contribution in [-0.4, -0.2) is 14.1 Å². The minimum Gasteiger partial charge on any atom is -0.309 e. The average molecular weight is 818 g/mol. The Labute approximate surface area is 372 Å². The molecule has 0 spiro atoms. The number of fused-ring (bicyclic) bond motifs is 12. The van der Waals surface area contributed by atoms with Crippen molar-refractivity contribution in [3.05, 3.63) is 241 Å². The van der Waals surface area contributed by atoms with Crippen LogP contribution in [0.1, 0.15) is 46.6 Å². The van der Waals surface area contributed by atoms with E-state index in [9.17, 15) is 0 Å². The van der Waals surface area contributed by atoms with Crippen molar-refractivity contribution in [2.75, 3.05) is 0 Å². The first-order chi connectivity index (χ1) is 31.7. The van der Waals surface area contributed by atoms with Gasteiger partial charge in [-0.25, -0.2) is 4.98 Å². The topological polar surface area (TPSA) is 22.8 Å². The highest BCUT2D eigenvalue weighted by molar-refractivity contribution is 6.13. The number of aromatic nitrogens is 3. The van der Waals surface area contributed by atoms with Gasteiger partial charge in [0.15, 0.2) is 0 Å². The van der Waals surface area contributed by atoms with E-state index in [1.54, 1.807) is 0 Å². The maximum atomic E-state index is 5.43. The molecule has 64 heavy (non-hydrogen) atoms. The monoisotopic (exact) mass is 817 g/mol. The molecule has 0 N–H and O–H groups in total. The predicted molar refractivity (Wildman–Crippen MR) is 269 cm³/mol. The number of benzene rings is 7. The van der Waals surface area contributed by atoms with E-state index in [0.717, 1.165) is 34.5 Å². The standard InChI is InChI=1S/C61H43N3/c1-2-39-25-30-58-53(33-39)55-35-43(26-31-59(55)63(58)45-28-29-50-48-21-10-9-19-46(48)47-20-11-12-22-49(47)52(50)38-45)42-27-32-60-54(34-42)51-23-13-14-24-57(51)64(60)61-37-44(40-15-5-3-6-16-40)36-56(62-61)41-17-7-4-8-18-41/h2-17,19-38,41,47,49H,1,18H2. The third-order valence-corrected chi connectivity index (χ3v) is 14.0. The van der Waals surface area contributed by atoms with E-state index in [-0.39, 0.29) is 5.92 Å². The molecule has 7 aromatic carbocycles. The van der Waals surface area contributed by atoms with Crippen LogP contribution in [0.25, 0.3) is 94.6 Å². The minimum atomic E-state index is 0.221. The number of pyridine rings is 1. The van der Waals surface area contributed by atoms with E-state index < -0.39 is 0 Å². The Balaban J connectivity index is 0.966. The average Bonchev–Trinajstić information content (AvgIpc) is 3.88. The van der Waals surface area contributed by atoms with Crippen LogP contribution in [-0.2, 0) is 0 Å². The third kappa shape index (κ3) is 5.71. The van der Waals surface area contributed by atoms with Gasteiger partial charge >= 0.3 is 0 Å². The lowest BCUT2D eigenvalue weighted by Crippen LogP contribution is -2.16. The SMILES string of the molecule is C=Cc1ccc2c(c1)c1cc(-c3ccc4c(c3)c3ccccc3n4-c3cc(-c4ccccc4)cc(C4C=CC=CC4)n3)ccc1n2-c1ccc2c(c1)C1C=CC=CC1c1ccccc1-2. The van der Waals surface area contributed by atoms with Crippen molar-refractivity contribution in [1.29, 1.82) is 0 Å². The first-order valence-corrected chi connectivity index (χ1v) is 22.4. The summed E-state index contributed by atoms with van der Waals surface area (Å²) in [5.74, 6) is 1.78. The molecule has 302 valence electrons. The number of hydrogen-bond acceptors (Lipinski definition) is 1. The van der Waals surface area contributed by atoms with Gasteiger partial charge in [-0.15, -0.1) is 0 Å². The Morgan fingerprint density at radius 3 is 1.92 bits per heavy atom. The molecule has 3 unspecified atom stereocenters. The fourth-order valence-corrected chi connectivity index (χ4v) is 10.9. The van der Waals surface area contributed by atoms with Gasteiger partial charge in [-0.3, -0.25) is 4.57 Å². The van der Waals surface area contributed by atoms with E-state index in [2.05, 4.69) is 228 Å². The zero-order valence-electron chi connectivity index (χ0n) is 35.3. The number of nitrogens with zero attached hydrogens (tertiary/aromatic N) is 3. The Hall–Kier alpha value is -8.01. The molecular weight excluding hydrogens is 775 g/mol. The van der Waals surface area contributed by atoms with Gasteiger partial charge in [-0.1, -0.05) is 158 Å². The molecule has 3 aliphatic rings. The van der Waals surface area contributed by atoms with Gasteiger partial charge in [-0.05, 0) is 123 Å². The molecule has 0 saturated carbocycles. The smallest absolute Gasteiger partial charge is 0.138 e. The largest absolute Gasteiger partial charge is 0.309 e. The second-order valence-electron chi connectivity index (χ2n) is 17.5. The van der Waals surface area contributed by atoms with Gasteiger partial charge in [0.25, 0.3) is 0 Å². The quantitative estimate of drug-likeness (QED) is 0.164. The van der Waals surface area contributed by atoms with Gasteiger partial charge in [0.1, 0.15) is 5.82 Å². The molecule has 3 nitrogen and oxygen atoms in total. The van der Waals surface area contributed by atoms with Crippen LogP contribution in [0.15, 0.2) is 219 Å². The van der Waals surface area contributed by atoms with E-state index in [4.69, 9.17) is 4.98 Å². The van der Waals surface area contributed by atoms with Crippen LogP contribution < -0.4 is 0 Å². The summed E-state index contributed by atoms with van der Waals surface area (Å²) in [5, 5.41) is 4.86. The summed E-state index contributed by atoms with van der Waals surface area (Å²) in [7, 11) is 0. The summed E-state index contributed by atoms with van der Waals surface area (Å²) in [6.45, 7) is 4.15. The van der Waals surface area contributed by atoms with Crippen LogP contribution in [0, 0.1) is 0 Å². The summed E-state index contributed by atoms with van der Waals surface area (Å²) >= 11 is 0. The molecule has 3 aromatic heterocycles. The van der Waals surface area contributed by atoms with Crippen LogP contribution in [0.5, 0.6) is 0 Å². The van der Waals surface area contributed by atoms with Crippen molar-refractivity contribution in [3.8, 4) is 44.9 Å². The highest BCUT2D eigenvalue weighted by Gasteiger charge is 2.32. The first kappa shape index (κ1) is 36.6. The molecule has 3 heterocycles. The van der Waals surface area contributed by atoms with Crippen LogP contribution in [0.3, 0.4) is 0 Å². The summed E-state index contributed by atoms with van der Waals surface area (Å²) < 4.78 is 4.82. The second-order valence-corrected chi connectivity index (χ2v) is 17.5. The van der Waals surface area contributed by atoms with Gasteiger partial charge in [0.2, 0.25) is 0 Å². The number of allylic oxidation sites excluding steroid dienone is 8. The summed E-state index contributed by atoms with van der Waals surface area (Å²) in [5.41, 5.74) is 18.2. The van der Waals surface area contributed by atoms with Crippen LogP contribution in [0.2, 0.25) is 0 Å². The number of para-hydroxylation sites is 1. The van der Waals surface area contributed by atoms with Crippen LogP contribution >= 0.6 is 0 Å². The molecule has 10 aromatic rings. The van der Waals surface area contributed by atoms with Crippen molar-refractivity contribution < 1.29 is 0 Å². The Kier molecular flexibility index (Phi) is 8.32. The predicted octanol–water partition coefficient (Wildman–Crippen LogP) is 15.8. The highest BCUT2D eigenvalue weighted by atomic mass is 15.1. The molecule has 0 radical (unpaired) electrons. The lowest BCUT2D eigenvalue weighted by atomic mass is 9.70. The number of rotatable bonds is 6. The molecule has 3 heteroatoms. The van der Waals surface area contributed by atoms with Crippen molar-refractivity contribution in [1.82, 2.24) is 14.1 Å². The van der Waals surface area contributed by atoms with E-state index in [1.807, 2.05) is 6.08 Å². The van der Waals surface area contributed by atoms with E-state index >= 15 is 0 Å². The van der Waals surface area contributed by atoms with Gasteiger partial charge in [0.05, 0.1) is 27.8 Å². The third-order valence-electron chi connectivity index (χ3n) is 14.0. The van der Waals surface area contributed by atoms with Gasteiger partial charge < -0.3 is 4.57 Å². The Bertz CT molecular complexity index is 3680. The fraction of sp³-hybridized carbons (Fsp3) is 0.0656. The lowest BCUT2D eigenvalue weighted by Gasteiger charge is -2.34. The molecule has 0 aliphatic heterocycles. The molecule has 0 amide bonds. The molecule has 3 aliphatic carbocycles. The molecule has 0 fully saturated rings. The van der Waals surface area contributed by atoms with Crippen molar-refractivity contribution in [3.63, 3.8) is 0 Å². The molecular formula is C61H43N3. The van der Waals surface area contributed by atoms with E-state index in [0.29, 0.717) is 11.8 Å². The lowest BCUT2D eigenvalue weighted by molar-refractivity contribution is 0.719. The summed E-state index contributed by atoms with van der Waals surface area (Å²) in [6.07, 6.45) is 20.9. The van der Waals surface area contributed by atoms with Gasteiger partial charge in [0, 0.05) is 45.0 Å². The molecule has 0 saturated heterocycles. The highest BCUT2D eigenvalue weighted by Crippen LogP contribution is 2.50. The molecule has 13 rings (SSSR count). The van der Waals surface area contributed by atoms with Crippen molar-refractivity contribution in [2.24, 2.45) is 0 Å². The summed E-state index contributed by atoms with van der Waals surface area (Å²) in [6, 6.07) is 60.7. The Morgan fingerprint density at radius 1 is 0.469 bits per heavy atom. The maximum absolute atomic E-state index is 5.43. The first-order valence-electron chi connectivity index (χ1n) is 22.4. The molecule has 3 atom stereocenters. The minimum absolute atomic E-state index is 0.221. The van der Waals surface area contributed by atoms with E-state index in [1.165, 1.54) is 82.8 Å². The van der Waals surface area contributed by atoms with Crippen molar-refractivity contribution >= 4 is 49.7 Å². The normalized spacial score (nSPS) is 17.3. The number of hydrogen-bond donors (Lipinski definition) is 0. The van der Waals surface area contributed by atoms with Crippen LogP contribution in [0.4, 0.5) is 0 Å². The molecule has 0 bridgehead atoms. The zero-order chi connectivity index (χ0) is 42.3. The summed E-state index contributed by atoms with van der Waals surface area (Å²) in [4.78, 5) is 5.43. The van der Waals surface area contributed by atoms with Crippen molar-refractivity contribution in [2.45, 2.75) is 24.2 Å².